The lowest BCUT2D eigenvalue weighted by molar-refractivity contribution is -0.120. The van der Waals surface area contributed by atoms with Crippen LogP contribution in [0.25, 0.3) is 0 Å². The first kappa shape index (κ1) is 22.6. The van der Waals surface area contributed by atoms with Gasteiger partial charge in [-0.25, -0.2) is 9.97 Å². The highest BCUT2D eigenvalue weighted by Crippen LogP contribution is 2.21. The number of methoxy groups -OCH3 is 1. The van der Waals surface area contributed by atoms with Crippen molar-refractivity contribution >= 4 is 28.3 Å². The van der Waals surface area contributed by atoms with Crippen LogP contribution in [0, 0.1) is 5.92 Å². The number of ether oxygens (including phenoxy) is 1. The third-order valence-electron chi connectivity index (χ3n) is 4.64. The van der Waals surface area contributed by atoms with Gasteiger partial charge in [0.25, 0.3) is 5.91 Å². The zero-order valence-electron chi connectivity index (χ0n) is 17.4. The minimum atomic E-state index is -0.284. The monoisotopic (exact) mass is 442 g/mol. The Morgan fingerprint density at radius 2 is 2.16 bits per heavy atom. The fourth-order valence-corrected chi connectivity index (χ4v) is 3.74. The van der Waals surface area contributed by atoms with Gasteiger partial charge in [-0.05, 0) is 30.9 Å². The molecule has 0 bridgehead atoms. The molecule has 0 aliphatic rings. The van der Waals surface area contributed by atoms with Crippen LogP contribution in [-0.2, 0) is 22.5 Å². The smallest absolute Gasteiger partial charge is 0.263 e. The fourth-order valence-electron chi connectivity index (χ4n) is 3.00. The molecule has 10 heteroatoms. The van der Waals surface area contributed by atoms with Gasteiger partial charge in [-0.3, -0.25) is 14.6 Å². The van der Waals surface area contributed by atoms with E-state index in [1.165, 1.54) is 6.20 Å². The number of imidazole rings is 1. The third kappa shape index (κ3) is 7.26. The summed E-state index contributed by atoms with van der Waals surface area (Å²) in [5.41, 5.74) is 0.980. The second-order valence-corrected chi connectivity index (χ2v) is 8.00. The molecule has 0 aliphatic carbocycles. The lowest BCUT2D eigenvalue weighted by Gasteiger charge is -2.15. The number of aromatic nitrogens is 4. The number of nitrogens with zero attached hydrogens (tertiary/aromatic N) is 4. The van der Waals surface area contributed by atoms with E-state index in [4.69, 9.17) is 4.74 Å². The predicted octanol–water partition coefficient (Wildman–Crippen LogP) is 2.39. The molecule has 0 saturated heterocycles. The number of aryl methyl sites for hydroxylation is 1. The number of thiazole rings is 1. The summed E-state index contributed by atoms with van der Waals surface area (Å²) in [5, 5.41) is 6.11. The number of amides is 2. The Bertz CT molecular complexity index is 945. The summed E-state index contributed by atoms with van der Waals surface area (Å²) in [6, 6.07) is 3.79. The number of rotatable bonds is 12. The summed E-state index contributed by atoms with van der Waals surface area (Å²) in [4.78, 5) is 37.9. The van der Waals surface area contributed by atoms with Crippen molar-refractivity contribution in [2.24, 2.45) is 5.92 Å². The van der Waals surface area contributed by atoms with Crippen LogP contribution in [0.1, 0.15) is 28.1 Å². The average molecular weight is 443 g/mol. The van der Waals surface area contributed by atoms with Crippen molar-refractivity contribution in [3.8, 4) is 0 Å². The summed E-state index contributed by atoms with van der Waals surface area (Å²) >= 11 is 1.16. The number of hydrogen-bond acceptors (Lipinski definition) is 7. The van der Waals surface area contributed by atoms with Crippen LogP contribution in [0.15, 0.2) is 49.4 Å². The van der Waals surface area contributed by atoms with Crippen LogP contribution < -0.4 is 10.6 Å². The first-order valence-electron chi connectivity index (χ1n) is 10.0. The molecular formula is C21H26N6O3S. The third-order valence-corrected chi connectivity index (χ3v) is 5.56. The molecule has 2 N–H and O–H groups in total. The van der Waals surface area contributed by atoms with Crippen LogP contribution >= 0.6 is 11.3 Å². The van der Waals surface area contributed by atoms with Gasteiger partial charge in [0.15, 0.2) is 5.13 Å². The number of anilines is 1. The van der Waals surface area contributed by atoms with E-state index in [2.05, 4.69) is 25.6 Å². The van der Waals surface area contributed by atoms with Crippen LogP contribution in [0.2, 0.25) is 0 Å². The van der Waals surface area contributed by atoms with E-state index in [0.29, 0.717) is 36.0 Å². The topological polar surface area (TPSA) is 111 Å². The van der Waals surface area contributed by atoms with E-state index in [1.54, 1.807) is 32.0 Å². The van der Waals surface area contributed by atoms with Crippen LogP contribution in [0.3, 0.4) is 0 Å². The molecule has 0 saturated carbocycles. The summed E-state index contributed by atoms with van der Waals surface area (Å²) in [7, 11) is 1.61. The fraction of sp³-hybridized carbons (Fsp3) is 0.381. The molecule has 2 amide bonds. The van der Waals surface area contributed by atoms with Crippen molar-refractivity contribution in [2.75, 3.05) is 25.6 Å². The number of pyridine rings is 1. The van der Waals surface area contributed by atoms with Gasteiger partial charge < -0.3 is 19.9 Å². The van der Waals surface area contributed by atoms with Gasteiger partial charge in [-0.1, -0.05) is 17.4 Å². The zero-order valence-corrected chi connectivity index (χ0v) is 18.2. The maximum Gasteiger partial charge on any atom is 0.263 e. The number of carbonyl (C=O) groups is 2. The Hall–Kier alpha value is -3.11. The normalized spacial score (nSPS) is 11.8. The highest BCUT2D eigenvalue weighted by Gasteiger charge is 2.21. The summed E-state index contributed by atoms with van der Waals surface area (Å²) < 4.78 is 7.11. The molecule has 3 aromatic rings. The van der Waals surface area contributed by atoms with Gasteiger partial charge in [0.1, 0.15) is 4.88 Å². The Morgan fingerprint density at radius 1 is 1.26 bits per heavy atom. The Labute approximate surface area is 184 Å². The summed E-state index contributed by atoms with van der Waals surface area (Å²) in [6.07, 6.45) is 12.2. The summed E-state index contributed by atoms with van der Waals surface area (Å²) in [6.45, 7) is 1.80. The zero-order chi connectivity index (χ0) is 21.9. The van der Waals surface area contributed by atoms with Crippen molar-refractivity contribution in [3.05, 3.63) is 59.9 Å². The molecule has 1 atom stereocenters. The van der Waals surface area contributed by atoms with E-state index < -0.39 is 0 Å². The first-order chi connectivity index (χ1) is 15.2. The van der Waals surface area contributed by atoms with Gasteiger partial charge in [0.2, 0.25) is 5.91 Å². The molecule has 1 unspecified atom stereocenters. The van der Waals surface area contributed by atoms with Crippen molar-refractivity contribution in [1.82, 2.24) is 24.8 Å². The summed E-state index contributed by atoms with van der Waals surface area (Å²) in [5.74, 6) is -0.633. The molecule has 31 heavy (non-hydrogen) atoms. The van der Waals surface area contributed by atoms with Gasteiger partial charge >= 0.3 is 0 Å². The van der Waals surface area contributed by atoms with E-state index in [0.717, 1.165) is 29.9 Å². The van der Waals surface area contributed by atoms with Crippen LogP contribution in [-0.4, -0.2) is 51.6 Å². The second kappa shape index (κ2) is 11.9. The molecule has 3 heterocycles. The molecule has 3 aromatic heterocycles. The van der Waals surface area contributed by atoms with Crippen molar-refractivity contribution < 1.29 is 14.3 Å². The lowest BCUT2D eigenvalue weighted by atomic mass is 9.96. The molecule has 3 rings (SSSR count). The lowest BCUT2D eigenvalue weighted by Crippen LogP contribution is -2.26. The van der Waals surface area contributed by atoms with Gasteiger partial charge in [-0.15, -0.1) is 0 Å². The van der Waals surface area contributed by atoms with E-state index in [-0.39, 0.29) is 17.7 Å². The molecule has 0 radical (unpaired) electrons. The average Bonchev–Trinajstić information content (AvgIpc) is 3.47. The maximum atomic E-state index is 12.8. The highest BCUT2D eigenvalue weighted by atomic mass is 32.1. The molecule has 164 valence electrons. The molecule has 9 nitrogen and oxygen atoms in total. The molecule has 0 aliphatic heterocycles. The Morgan fingerprint density at radius 3 is 2.90 bits per heavy atom. The van der Waals surface area contributed by atoms with Crippen molar-refractivity contribution in [2.45, 2.75) is 25.8 Å². The van der Waals surface area contributed by atoms with E-state index >= 15 is 0 Å². The van der Waals surface area contributed by atoms with Gasteiger partial charge in [0.05, 0.1) is 12.5 Å². The molecule has 0 spiro atoms. The first-order valence-corrected chi connectivity index (χ1v) is 10.9. The minimum Gasteiger partial charge on any atom is -0.385 e. The number of hydrogen-bond donors (Lipinski definition) is 2. The predicted molar refractivity (Wildman–Crippen MR) is 118 cm³/mol. The minimum absolute atomic E-state index is 0.150. The van der Waals surface area contributed by atoms with Crippen LogP contribution in [0.4, 0.5) is 5.13 Å². The van der Waals surface area contributed by atoms with Gasteiger partial charge in [-0.2, -0.15) is 0 Å². The maximum absolute atomic E-state index is 12.8. The van der Waals surface area contributed by atoms with Gasteiger partial charge in [0, 0.05) is 57.5 Å². The highest BCUT2D eigenvalue weighted by molar-refractivity contribution is 7.17. The molecule has 0 fully saturated rings. The van der Waals surface area contributed by atoms with Crippen molar-refractivity contribution in [1.29, 1.82) is 0 Å². The number of nitrogens with one attached hydrogen (secondary N) is 2. The SMILES string of the molecule is COCCC(Cc1cccnc1)C(=O)Nc1ncc(C(=O)NCCCn2ccnc2)s1. The van der Waals surface area contributed by atoms with E-state index in [1.807, 2.05) is 22.9 Å². The Kier molecular flexibility index (Phi) is 8.68. The van der Waals surface area contributed by atoms with E-state index in [9.17, 15) is 9.59 Å². The largest absolute Gasteiger partial charge is 0.385 e. The number of carbonyl (C=O) groups excluding carboxylic acids is 2. The quantitative estimate of drug-likeness (QED) is 0.417. The van der Waals surface area contributed by atoms with Crippen molar-refractivity contribution in [3.63, 3.8) is 0 Å². The van der Waals surface area contributed by atoms with Crippen LogP contribution in [0.5, 0.6) is 0 Å². The Balaban J connectivity index is 1.50. The molecule has 0 aromatic carbocycles. The standard InChI is InChI=1S/C21H26N6O3S/c1-30-11-5-17(12-16-4-2-6-22-13-16)19(28)26-21-25-14-18(31-21)20(29)24-7-3-9-27-10-8-23-15-27/h2,4,6,8,10,13-15,17H,3,5,7,9,11-12H2,1H3,(H,24,29)(H,25,26,28). The molecular weight excluding hydrogens is 416 g/mol. The second-order valence-electron chi connectivity index (χ2n) is 6.97.